The molecular formula is C45H49N3. The fourth-order valence-electron chi connectivity index (χ4n) is 6.18. The van der Waals surface area contributed by atoms with E-state index < -0.39 is 0 Å². The van der Waals surface area contributed by atoms with E-state index in [9.17, 15) is 0 Å². The van der Waals surface area contributed by atoms with Crippen molar-refractivity contribution in [3.05, 3.63) is 173 Å². The molecule has 0 aromatic heterocycles. The van der Waals surface area contributed by atoms with Crippen LogP contribution in [-0.4, -0.2) is 17.7 Å². The van der Waals surface area contributed by atoms with Crippen molar-refractivity contribution >= 4 is 17.2 Å². The second kappa shape index (κ2) is 16.2. The van der Waals surface area contributed by atoms with Crippen molar-refractivity contribution in [2.75, 3.05) is 0 Å². The first-order valence-corrected chi connectivity index (χ1v) is 17.2. The average Bonchev–Trinajstić information content (AvgIpc) is 3.15. The lowest BCUT2D eigenvalue weighted by molar-refractivity contribution is 0.527. The highest BCUT2D eigenvalue weighted by Gasteiger charge is 2.24. The van der Waals surface area contributed by atoms with Crippen LogP contribution in [0.25, 0.3) is 16.7 Å². The molecule has 0 saturated carbocycles. The maximum atomic E-state index is 6.61. The van der Waals surface area contributed by atoms with Crippen molar-refractivity contribution in [3.63, 3.8) is 0 Å². The van der Waals surface area contributed by atoms with Crippen LogP contribution < -0.4 is 5.73 Å². The van der Waals surface area contributed by atoms with E-state index in [-0.39, 0.29) is 11.5 Å². The van der Waals surface area contributed by atoms with Gasteiger partial charge in [-0.2, -0.15) is 0 Å². The van der Waals surface area contributed by atoms with Gasteiger partial charge in [0.25, 0.3) is 0 Å². The summed E-state index contributed by atoms with van der Waals surface area (Å²) < 4.78 is 0. The molecule has 3 nitrogen and oxygen atoms in total. The maximum Gasteiger partial charge on any atom is 0.157 e. The minimum Gasteiger partial charge on any atom is -0.383 e. The zero-order valence-electron chi connectivity index (χ0n) is 29.1. The fraction of sp³-hybridized carbons (Fsp3) is 0.244. The first-order valence-electron chi connectivity index (χ1n) is 17.2. The van der Waals surface area contributed by atoms with E-state index in [1.165, 1.54) is 27.8 Å². The highest BCUT2D eigenvalue weighted by Crippen LogP contribution is 2.37. The molecule has 5 rings (SSSR count). The third-order valence-corrected chi connectivity index (χ3v) is 8.94. The minimum atomic E-state index is 0.0640. The highest BCUT2D eigenvalue weighted by molar-refractivity contribution is 6.11. The van der Waals surface area contributed by atoms with Crippen molar-refractivity contribution in [1.29, 1.82) is 0 Å². The molecule has 2 N–H and O–H groups in total. The molecule has 0 heterocycles. The molecule has 2 unspecified atom stereocenters. The van der Waals surface area contributed by atoms with E-state index >= 15 is 0 Å². The second-order valence-electron chi connectivity index (χ2n) is 13.3. The quantitative estimate of drug-likeness (QED) is 0.112. The molecule has 0 saturated heterocycles. The number of nitrogens with two attached hydrogens (primary N) is 1. The molecule has 2 atom stereocenters. The van der Waals surface area contributed by atoms with Gasteiger partial charge in [-0.1, -0.05) is 167 Å². The van der Waals surface area contributed by atoms with Crippen LogP contribution in [0, 0.1) is 0 Å². The highest BCUT2D eigenvalue weighted by atomic mass is 15.0. The van der Waals surface area contributed by atoms with Crippen LogP contribution in [0.5, 0.6) is 0 Å². The molecule has 4 aromatic rings. The third kappa shape index (κ3) is 8.86. The van der Waals surface area contributed by atoms with E-state index in [1.54, 1.807) is 0 Å². The van der Waals surface area contributed by atoms with Gasteiger partial charge in [-0.3, -0.25) is 4.99 Å². The molecule has 0 bridgehead atoms. The first-order chi connectivity index (χ1) is 23.2. The SMILES string of the molecule is CC/C=C\C=C/CC(C)/N=C(\N=C(/N)c1ccc(-c2cccc(C3=C/C(C)c4ccccc4C(C)(C)C/C=C\3)c2)cc1)c1ccccc1. The lowest BCUT2D eigenvalue weighted by Gasteiger charge is -2.27. The Morgan fingerprint density at radius 2 is 1.54 bits per heavy atom. The van der Waals surface area contributed by atoms with Gasteiger partial charge in [0.15, 0.2) is 5.84 Å². The predicted molar refractivity (Wildman–Crippen MR) is 208 cm³/mol. The molecular weight excluding hydrogens is 583 g/mol. The summed E-state index contributed by atoms with van der Waals surface area (Å²) in [4.78, 5) is 9.80. The van der Waals surface area contributed by atoms with Gasteiger partial charge in [0, 0.05) is 17.0 Å². The summed E-state index contributed by atoms with van der Waals surface area (Å²) in [6.07, 6.45) is 18.3. The number of fused-ring (bicyclic) bond motifs is 1. The molecule has 0 amide bonds. The molecule has 1 aliphatic carbocycles. The summed E-state index contributed by atoms with van der Waals surface area (Å²) in [7, 11) is 0. The third-order valence-electron chi connectivity index (χ3n) is 8.94. The van der Waals surface area contributed by atoms with Gasteiger partial charge in [-0.25, -0.2) is 4.99 Å². The Morgan fingerprint density at radius 3 is 2.31 bits per heavy atom. The van der Waals surface area contributed by atoms with Gasteiger partial charge >= 0.3 is 0 Å². The van der Waals surface area contributed by atoms with E-state index in [0.29, 0.717) is 17.6 Å². The number of aliphatic imine (C=N–C) groups is 2. The number of amidine groups is 2. The van der Waals surface area contributed by atoms with Gasteiger partial charge < -0.3 is 5.73 Å². The van der Waals surface area contributed by atoms with E-state index in [2.05, 4.69) is 150 Å². The normalized spacial score (nSPS) is 19.2. The summed E-state index contributed by atoms with van der Waals surface area (Å²) in [6, 6.07) is 36.2. The summed E-state index contributed by atoms with van der Waals surface area (Å²) in [5, 5.41) is 0. The molecule has 3 heteroatoms. The number of nitrogens with zero attached hydrogens (tertiary/aromatic N) is 2. The maximum absolute atomic E-state index is 6.61. The van der Waals surface area contributed by atoms with Gasteiger partial charge in [-0.05, 0) is 71.1 Å². The van der Waals surface area contributed by atoms with E-state index in [4.69, 9.17) is 15.7 Å². The van der Waals surface area contributed by atoms with Crippen LogP contribution in [-0.2, 0) is 5.41 Å². The smallest absolute Gasteiger partial charge is 0.157 e. The molecule has 0 spiro atoms. The van der Waals surface area contributed by atoms with Crippen molar-refractivity contribution in [2.24, 2.45) is 15.7 Å². The van der Waals surface area contributed by atoms with Crippen molar-refractivity contribution in [1.82, 2.24) is 0 Å². The molecule has 0 fully saturated rings. The van der Waals surface area contributed by atoms with Gasteiger partial charge in [-0.15, -0.1) is 0 Å². The van der Waals surface area contributed by atoms with Crippen molar-refractivity contribution in [3.8, 4) is 11.1 Å². The standard InChI is InChI=1S/C45H49N3/c1-6-7-8-9-11-18-34(3)47-44(37-19-12-10-13-20-37)48-43(46)36-28-26-35(27-29-36)39-21-16-22-40(32-39)38-23-17-30-45(4,5)42-25-15-14-24-41(42)33(2)31-38/h7-17,19-29,31-34H,6,18,30H2,1-5H3,(H2,46,47,48)/b8-7-,11-9-,23-17-,38-31+. The number of allylic oxidation sites excluding steroid dienone is 7. The molecule has 244 valence electrons. The van der Waals surface area contributed by atoms with Crippen LogP contribution in [0.3, 0.4) is 0 Å². The van der Waals surface area contributed by atoms with Crippen molar-refractivity contribution in [2.45, 2.75) is 71.3 Å². The molecule has 4 aromatic carbocycles. The molecule has 1 aliphatic rings. The van der Waals surface area contributed by atoms with Gasteiger partial charge in [0.05, 0.1) is 6.04 Å². The van der Waals surface area contributed by atoms with Crippen LogP contribution >= 0.6 is 0 Å². The Hall–Kier alpha value is -5.02. The number of hydrogen-bond donors (Lipinski definition) is 1. The topological polar surface area (TPSA) is 50.7 Å². The Balaban J connectivity index is 1.39. The fourth-order valence-corrected chi connectivity index (χ4v) is 6.18. The Kier molecular flexibility index (Phi) is 11.6. The van der Waals surface area contributed by atoms with Gasteiger partial charge in [0.2, 0.25) is 0 Å². The molecule has 48 heavy (non-hydrogen) atoms. The summed E-state index contributed by atoms with van der Waals surface area (Å²) >= 11 is 0. The Bertz CT molecular complexity index is 1850. The average molecular weight is 632 g/mol. The summed E-state index contributed by atoms with van der Waals surface area (Å²) in [6.45, 7) is 11.2. The Labute approximate surface area is 288 Å². The minimum absolute atomic E-state index is 0.0640. The molecule has 0 aliphatic heterocycles. The van der Waals surface area contributed by atoms with Gasteiger partial charge in [0.1, 0.15) is 5.84 Å². The lowest BCUT2D eigenvalue weighted by Crippen LogP contribution is -2.18. The summed E-state index contributed by atoms with van der Waals surface area (Å²) in [5.74, 6) is 1.39. The number of benzene rings is 4. The zero-order chi connectivity index (χ0) is 33.9. The molecule has 0 radical (unpaired) electrons. The Morgan fingerprint density at radius 1 is 0.833 bits per heavy atom. The van der Waals surface area contributed by atoms with E-state index in [0.717, 1.165) is 36.0 Å². The summed E-state index contributed by atoms with van der Waals surface area (Å²) in [5.41, 5.74) is 16.1. The first kappa shape index (κ1) is 34.3. The number of hydrogen-bond acceptors (Lipinski definition) is 1. The van der Waals surface area contributed by atoms with Crippen LogP contribution in [0.1, 0.15) is 87.6 Å². The largest absolute Gasteiger partial charge is 0.383 e. The van der Waals surface area contributed by atoms with E-state index in [1.807, 2.05) is 30.3 Å². The second-order valence-corrected chi connectivity index (χ2v) is 13.3. The monoisotopic (exact) mass is 631 g/mol. The van der Waals surface area contributed by atoms with Crippen molar-refractivity contribution < 1.29 is 0 Å². The van der Waals surface area contributed by atoms with Crippen LogP contribution in [0.4, 0.5) is 0 Å². The van der Waals surface area contributed by atoms with Crippen LogP contribution in [0.15, 0.2) is 156 Å². The number of rotatable bonds is 9. The zero-order valence-corrected chi connectivity index (χ0v) is 29.1. The van der Waals surface area contributed by atoms with Crippen LogP contribution in [0.2, 0.25) is 0 Å². The predicted octanol–water partition coefficient (Wildman–Crippen LogP) is 11.2. The lowest BCUT2D eigenvalue weighted by atomic mass is 9.77.